The van der Waals surface area contributed by atoms with E-state index in [-0.39, 0.29) is 11.9 Å². The number of pyridine rings is 1. The van der Waals surface area contributed by atoms with Crippen molar-refractivity contribution >= 4 is 29.0 Å². The summed E-state index contributed by atoms with van der Waals surface area (Å²) in [5.74, 6) is 0.791. The highest BCUT2D eigenvalue weighted by Crippen LogP contribution is 2.27. The fourth-order valence-electron chi connectivity index (χ4n) is 2.79. The number of nitrogens with zero attached hydrogens (tertiary/aromatic N) is 2. The Balaban J connectivity index is 1.41. The molecule has 0 spiro atoms. The lowest BCUT2D eigenvalue weighted by atomic mass is 10.2. The Kier molecular flexibility index (Phi) is 6.07. The molecule has 4 aromatic rings. The first-order valence-corrected chi connectivity index (χ1v) is 11.0. The number of amides is 1. The van der Waals surface area contributed by atoms with E-state index in [1.807, 2.05) is 48.7 Å². The summed E-state index contributed by atoms with van der Waals surface area (Å²) in [5, 5.41) is 5.83. The van der Waals surface area contributed by atoms with Crippen LogP contribution in [0.25, 0.3) is 11.3 Å². The SMILES string of the molecule is CC(NC(=O)c1occc1CSc1ccccc1)c1nc(-c2ccncc2)cs1. The highest BCUT2D eigenvalue weighted by molar-refractivity contribution is 7.98. The maximum absolute atomic E-state index is 12.8. The van der Waals surface area contributed by atoms with E-state index in [1.165, 1.54) is 11.3 Å². The summed E-state index contributed by atoms with van der Waals surface area (Å²) in [6.45, 7) is 1.92. The van der Waals surface area contributed by atoms with Crippen LogP contribution in [0, 0.1) is 0 Å². The molecule has 0 fully saturated rings. The molecule has 3 heterocycles. The number of aromatic nitrogens is 2. The molecule has 4 rings (SSSR count). The topological polar surface area (TPSA) is 68.0 Å². The largest absolute Gasteiger partial charge is 0.459 e. The van der Waals surface area contributed by atoms with Crippen molar-refractivity contribution in [1.82, 2.24) is 15.3 Å². The smallest absolute Gasteiger partial charge is 0.287 e. The Morgan fingerprint density at radius 2 is 1.97 bits per heavy atom. The number of hydrogen-bond donors (Lipinski definition) is 1. The Hall–Kier alpha value is -2.90. The van der Waals surface area contributed by atoms with Gasteiger partial charge in [-0.05, 0) is 37.3 Å². The molecule has 29 heavy (non-hydrogen) atoms. The summed E-state index contributed by atoms with van der Waals surface area (Å²) in [6, 6.07) is 15.6. The number of rotatable bonds is 7. The van der Waals surface area contributed by atoms with Gasteiger partial charge in [-0.1, -0.05) is 18.2 Å². The molecular formula is C22H19N3O2S2. The van der Waals surface area contributed by atoms with Crippen molar-refractivity contribution in [2.24, 2.45) is 0 Å². The van der Waals surface area contributed by atoms with Gasteiger partial charge in [-0.2, -0.15) is 0 Å². The second-order valence-electron chi connectivity index (χ2n) is 6.38. The van der Waals surface area contributed by atoms with Gasteiger partial charge in [0.05, 0.1) is 18.0 Å². The van der Waals surface area contributed by atoms with Gasteiger partial charge in [-0.3, -0.25) is 9.78 Å². The third-order valence-corrected chi connectivity index (χ3v) is 6.39. The Labute approximate surface area is 177 Å². The number of carbonyl (C=O) groups excluding carboxylic acids is 1. The van der Waals surface area contributed by atoms with E-state index in [4.69, 9.17) is 4.42 Å². The molecule has 0 aliphatic rings. The first-order valence-electron chi connectivity index (χ1n) is 9.11. The molecule has 5 nitrogen and oxygen atoms in total. The zero-order valence-corrected chi connectivity index (χ0v) is 17.4. The van der Waals surface area contributed by atoms with Gasteiger partial charge >= 0.3 is 0 Å². The van der Waals surface area contributed by atoms with Crippen molar-refractivity contribution in [3.05, 3.63) is 88.9 Å². The fraction of sp³-hybridized carbons (Fsp3) is 0.136. The van der Waals surface area contributed by atoms with Crippen molar-refractivity contribution < 1.29 is 9.21 Å². The van der Waals surface area contributed by atoms with Crippen LogP contribution < -0.4 is 5.32 Å². The molecule has 0 saturated carbocycles. The van der Waals surface area contributed by atoms with Crippen molar-refractivity contribution in [1.29, 1.82) is 0 Å². The molecule has 0 aliphatic carbocycles. The van der Waals surface area contributed by atoms with Gasteiger partial charge in [0.2, 0.25) is 0 Å². The maximum atomic E-state index is 12.8. The van der Waals surface area contributed by atoms with Crippen LogP contribution in [0.4, 0.5) is 0 Å². The Morgan fingerprint density at radius 1 is 1.17 bits per heavy atom. The molecule has 1 N–H and O–H groups in total. The van der Waals surface area contributed by atoms with Crippen LogP contribution in [0.15, 0.2) is 81.9 Å². The zero-order valence-electron chi connectivity index (χ0n) is 15.7. The minimum absolute atomic E-state index is 0.220. The standard InChI is InChI=1S/C22H19N3O2S2/c1-15(22-25-19(14-29-22)16-7-10-23-11-8-16)24-21(26)20-17(9-12-27-20)13-28-18-5-3-2-4-6-18/h2-12,14-15H,13H2,1H3,(H,24,26). The molecule has 1 amide bonds. The highest BCUT2D eigenvalue weighted by Gasteiger charge is 2.20. The number of thiazole rings is 1. The first kappa shape index (κ1) is 19.4. The lowest BCUT2D eigenvalue weighted by molar-refractivity contribution is 0.0911. The van der Waals surface area contributed by atoms with E-state index in [9.17, 15) is 4.79 Å². The summed E-state index contributed by atoms with van der Waals surface area (Å²) < 4.78 is 5.48. The third kappa shape index (κ3) is 4.75. The minimum atomic E-state index is -0.230. The monoisotopic (exact) mass is 421 g/mol. The molecule has 1 aromatic carbocycles. The van der Waals surface area contributed by atoms with E-state index in [2.05, 4.69) is 27.4 Å². The van der Waals surface area contributed by atoms with Crippen LogP contribution >= 0.6 is 23.1 Å². The Bertz CT molecular complexity index is 1080. The summed E-state index contributed by atoms with van der Waals surface area (Å²) in [4.78, 5) is 22.6. The molecule has 146 valence electrons. The summed E-state index contributed by atoms with van der Waals surface area (Å²) in [6.07, 6.45) is 5.04. The molecule has 1 atom stereocenters. The predicted octanol–water partition coefficient (Wildman–Crippen LogP) is 5.58. The van der Waals surface area contributed by atoms with E-state index in [0.29, 0.717) is 11.5 Å². The molecule has 0 aliphatic heterocycles. The van der Waals surface area contributed by atoms with Gasteiger partial charge in [-0.25, -0.2) is 4.98 Å². The third-order valence-electron chi connectivity index (χ3n) is 4.31. The van der Waals surface area contributed by atoms with Gasteiger partial charge in [0.15, 0.2) is 5.76 Å². The average Bonchev–Trinajstić information content (AvgIpc) is 3.43. The van der Waals surface area contributed by atoms with Crippen LogP contribution in [0.1, 0.15) is 34.1 Å². The molecule has 7 heteroatoms. The van der Waals surface area contributed by atoms with Gasteiger partial charge in [-0.15, -0.1) is 23.1 Å². The fourth-order valence-corrected chi connectivity index (χ4v) is 4.53. The van der Waals surface area contributed by atoms with Crippen LogP contribution in [-0.4, -0.2) is 15.9 Å². The summed E-state index contributed by atoms with van der Waals surface area (Å²) in [7, 11) is 0. The van der Waals surface area contributed by atoms with Crippen LogP contribution in [0.5, 0.6) is 0 Å². The van der Waals surface area contributed by atoms with Crippen molar-refractivity contribution in [2.75, 3.05) is 0 Å². The quantitative estimate of drug-likeness (QED) is 0.395. The number of furan rings is 1. The van der Waals surface area contributed by atoms with Gasteiger partial charge in [0.1, 0.15) is 5.01 Å². The number of hydrogen-bond acceptors (Lipinski definition) is 6. The molecule has 3 aromatic heterocycles. The van der Waals surface area contributed by atoms with E-state index < -0.39 is 0 Å². The van der Waals surface area contributed by atoms with Gasteiger partial charge in [0, 0.05) is 39.5 Å². The van der Waals surface area contributed by atoms with Crippen LogP contribution in [-0.2, 0) is 5.75 Å². The Morgan fingerprint density at radius 3 is 2.76 bits per heavy atom. The molecule has 1 unspecified atom stereocenters. The van der Waals surface area contributed by atoms with E-state index in [0.717, 1.165) is 26.7 Å². The number of nitrogens with one attached hydrogen (secondary N) is 1. The summed E-state index contributed by atoms with van der Waals surface area (Å²) >= 11 is 3.19. The molecule has 0 radical (unpaired) electrons. The van der Waals surface area contributed by atoms with Crippen molar-refractivity contribution in [3.63, 3.8) is 0 Å². The number of thioether (sulfide) groups is 1. The first-order chi connectivity index (χ1) is 14.2. The minimum Gasteiger partial charge on any atom is -0.459 e. The van der Waals surface area contributed by atoms with E-state index >= 15 is 0 Å². The molecular weight excluding hydrogens is 402 g/mol. The van der Waals surface area contributed by atoms with Crippen LogP contribution in [0.3, 0.4) is 0 Å². The molecule has 0 saturated heterocycles. The van der Waals surface area contributed by atoms with E-state index in [1.54, 1.807) is 30.4 Å². The molecule has 0 bridgehead atoms. The number of benzene rings is 1. The normalized spacial score (nSPS) is 11.9. The summed E-state index contributed by atoms with van der Waals surface area (Å²) in [5.41, 5.74) is 2.76. The predicted molar refractivity (Wildman–Crippen MR) is 116 cm³/mol. The number of carbonyl (C=O) groups is 1. The van der Waals surface area contributed by atoms with Gasteiger partial charge < -0.3 is 9.73 Å². The second kappa shape index (κ2) is 9.07. The zero-order chi connectivity index (χ0) is 20.1. The highest BCUT2D eigenvalue weighted by atomic mass is 32.2. The lowest BCUT2D eigenvalue weighted by Gasteiger charge is -2.11. The average molecular weight is 422 g/mol. The second-order valence-corrected chi connectivity index (χ2v) is 8.32. The van der Waals surface area contributed by atoms with Gasteiger partial charge in [0.25, 0.3) is 5.91 Å². The van der Waals surface area contributed by atoms with Crippen LogP contribution in [0.2, 0.25) is 0 Å². The maximum Gasteiger partial charge on any atom is 0.287 e. The lowest BCUT2D eigenvalue weighted by Crippen LogP contribution is -2.26. The van der Waals surface area contributed by atoms with Crippen molar-refractivity contribution in [2.45, 2.75) is 23.6 Å². The van der Waals surface area contributed by atoms with Crippen molar-refractivity contribution in [3.8, 4) is 11.3 Å².